The summed E-state index contributed by atoms with van der Waals surface area (Å²) in [6.07, 6.45) is 9.75. The van der Waals surface area contributed by atoms with Gasteiger partial charge in [0, 0.05) is 55.1 Å². The molecule has 6 rings (SSSR count). The molecule has 1 spiro atoms. The fourth-order valence-corrected chi connectivity index (χ4v) is 8.76. The van der Waals surface area contributed by atoms with E-state index in [1.165, 1.54) is 12.5 Å². The Bertz CT molecular complexity index is 1340. The molecule has 0 aromatic heterocycles. The lowest BCUT2D eigenvalue weighted by atomic mass is 9.50. The van der Waals surface area contributed by atoms with E-state index < -0.39 is 5.97 Å². The van der Waals surface area contributed by atoms with E-state index in [0.717, 1.165) is 75.6 Å². The van der Waals surface area contributed by atoms with Gasteiger partial charge in [-0.3, -0.25) is 14.5 Å². The molecule has 2 aliphatic heterocycles. The SMILES string of the molecule is C=CCN1CC[C@]23c4c5c(O)cc(OC(C)=O)c4O[C@H]2[C@H](N(CC)C(=O)CCCCCc2ccccc2)CC[C@H]3[C@H]1C5. The molecule has 2 heterocycles. The Kier molecular flexibility index (Phi) is 8.05. The molecule has 2 aromatic carbocycles. The highest BCUT2D eigenvalue weighted by Crippen LogP contribution is 2.65. The number of carbonyl (C=O) groups excluding carboxylic acids is 2. The largest absolute Gasteiger partial charge is 0.508 e. The molecule has 224 valence electrons. The fourth-order valence-electron chi connectivity index (χ4n) is 8.76. The summed E-state index contributed by atoms with van der Waals surface area (Å²) < 4.78 is 12.5. The van der Waals surface area contributed by atoms with Gasteiger partial charge in [-0.2, -0.15) is 0 Å². The van der Waals surface area contributed by atoms with Crippen LogP contribution in [0.1, 0.15) is 75.5 Å². The molecule has 1 amide bonds. The van der Waals surface area contributed by atoms with Crippen molar-refractivity contribution in [1.29, 1.82) is 0 Å². The molecule has 5 atom stereocenters. The Hall–Kier alpha value is -3.32. The second-order valence-electron chi connectivity index (χ2n) is 12.5. The van der Waals surface area contributed by atoms with Crippen LogP contribution in [-0.4, -0.2) is 64.6 Å². The molecule has 0 unspecified atom stereocenters. The van der Waals surface area contributed by atoms with Crippen LogP contribution in [0.4, 0.5) is 0 Å². The van der Waals surface area contributed by atoms with Crippen molar-refractivity contribution in [3.8, 4) is 17.2 Å². The minimum Gasteiger partial charge on any atom is -0.508 e. The third-order valence-electron chi connectivity index (χ3n) is 10.4. The number of hydrogen-bond donors (Lipinski definition) is 1. The van der Waals surface area contributed by atoms with E-state index in [1.54, 1.807) is 6.07 Å². The van der Waals surface area contributed by atoms with Crippen molar-refractivity contribution in [2.24, 2.45) is 5.92 Å². The predicted octanol–water partition coefficient (Wildman–Crippen LogP) is 5.56. The van der Waals surface area contributed by atoms with Crippen LogP contribution in [0.3, 0.4) is 0 Å². The molecule has 2 aromatic rings. The van der Waals surface area contributed by atoms with Gasteiger partial charge in [0.2, 0.25) is 5.91 Å². The Labute approximate surface area is 249 Å². The van der Waals surface area contributed by atoms with Gasteiger partial charge in [0.05, 0.1) is 6.04 Å². The second-order valence-corrected chi connectivity index (χ2v) is 12.5. The smallest absolute Gasteiger partial charge is 0.308 e. The molecule has 2 bridgehead atoms. The number of amides is 1. The van der Waals surface area contributed by atoms with Gasteiger partial charge in [-0.15, -0.1) is 6.58 Å². The number of unbranched alkanes of at least 4 members (excludes halogenated alkanes) is 2. The van der Waals surface area contributed by atoms with Gasteiger partial charge < -0.3 is 19.5 Å². The topological polar surface area (TPSA) is 79.3 Å². The summed E-state index contributed by atoms with van der Waals surface area (Å²) in [6, 6.07) is 12.3. The number of rotatable bonds is 11. The summed E-state index contributed by atoms with van der Waals surface area (Å²) in [5, 5.41) is 11.2. The van der Waals surface area contributed by atoms with Crippen LogP contribution in [-0.2, 0) is 27.8 Å². The molecule has 1 saturated heterocycles. The highest BCUT2D eigenvalue weighted by atomic mass is 16.6. The van der Waals surface area contributed by atoms with Gasteiger partial charge in [0.25, 0.3) is 0 Å². The number of aryl methyl sites for hydroxylation is 1. The lowest BCUT2D eigenvalue weighted by Gasteiger charge is -2.60. The first-order valence-corrected chi connectivity index (χ1v) is 15.8. The quantitative estimate of drug-likeness (QED) is 0.164. The van der Waals surface area contributed by atoms with E-state index >= 15 is 0 Å². The summed E-state index contributed by atoms with van der Waals surface area (Å²) in [5.41, 5.74) is 2.95. The zero-order valence-corrected chi connectivity index (χ0v) is 25.0. The van der Waals surface area contributed by atoms with Crippen LogP contribution < -0.4 is 9.47 Å². The zero-order valence-electron chi connectivity index (χ0n) is 25.0. The van der Waals surface area contributed by atoms with Crippen LogP contribution in [0.2, 0.25) is 0 Å². The molecule has 1 N–H and O–H groups in total. The number of nitrogens with zero attached hydrogens (tertiary/aromatic N) is 2. The number of likely N-dealkylation sites (N-methyl/N-ethyl adjacent to an activating group) is 1. The van der Waals surface area contributed by atoms with Crippen LogP contribution in [0.15, 0.2) is 49.1 Å². The third kappa shape index (κ3) is 4.80. The van der Waals surface area contributed by atoms with Crippen molar-refractivity contribution in [2.45, 2.75) is 95.2 Å². The standard InChI is InChI=1S/C35H44N2O5/c1-4-19-36-20-18-35-26-16-17-27(37(5-2)31(40)15-11-7-10-14-24-12-8-6-9-13-24)34(35)42-33-30(41-23(3)38)22-29(39)25(32(33)35)21-28(26)36/h4,6,8-9,12-13,22,26-28,34,39H,1,5,7,10-11,14-21H2,2-3H3/t26-,27+,28+,34-,35-/m0/s1. The zero-order chi connectivity index (χ0) is 29.4. The number of hydrogen-bond acceptors (Lipinski definition) is 6. The monoisotopic (exact) mass is 572 g/mol. The van der Waals surface area contributed by atoms with Gasteiger partial charge in [0.1, 0.15) is 11.9 Å². The minimum absolute atomic E-state index is 0.0691. The van der Waals surface area contributed by atoms with Crippen LogP contribution in [0, 0.1) is 5.92 Å². The van der Waals surface area contributed by atoms with Crippen molar-refractivity contribution in [3.63, 3.8) is 0 Å². The van der Waals surface area contributed by atoms with Gasteiger partial charge in [-0.05, 0) is 69.9 Å². The first-order chi connectivity index (χ1) is 20.4. The molecule has 0 radical (unpaired) electrons. The number of benzene rings is 2. The number of piperidine rings is 1. The highest BCUT2D eigenvalue weighted by Gasteiger charge is 2.67. The molecule has 42 heavy (non-hydrogen) atoms. The molecule has 2 fully saturated rings. The summed E-state index contributed by atoms with van der Waals surface area (Å²) in [4.78, 5) is 30.3. The van der Waals surface area contributed by atoms with Crippen molar-refractivity contribution in [2.75, 3.05) is 19.6 Å². The van der Waals surface area contributed by atoms with E-state index in [-0.39, 0.29) is 35.3 Å². The Morgan fingerprint density at radius 2 is 2.02 bits per heavy atom. The Morgan fingerprint density at radius 3 is 2.76 bits per heavy atom. The minimum atomic E-state index is -0.443. The third-order valence-corrected chi connectivity index (χ3v) is 10.4. The average molecular weight is 573 g/mol. The van der Waals surface area contributed by atoms with Gasteiger partial charge in [0.15, 0.2) is 11.5 Å². The molecule has 1 saturated carbocycles. The van der Waals surface area contributed by atoms with Crippen LogP contribution in [0.5, 0.6) is 17.2 Å². The molecular formula is C35H44N2O5. The number of esters is 1. The normalized spacial score (nSPS) is 27.1. The fraction of sp³-hybridized carbons (Fsp3) is 0.543. The van der Waals surface area contributed by atoms with Crippen molar-refractivity contribution >= 4 is 11.9 Å². The van der Waals surface area contributed by atoms with Gasteiger partial charge in [-0.1, -0.05) is 42.8 Å². The number of phenols is 1. The number of ether oxygens (including phenoxy) is 2. The van der Waals surface area contributed by atoms with E-state index in [4.69, 9.17) is 9.47 Å². The highest BCUT2D eigenvalue weighted by molar-refractivity contribution is 5.77. The van der Waals surface area contributed by atoms with Crippen LogP contribution >= 0.6 is 0 Å². The number of aromatic hydroxyl groups is 1. The van der Waals surface area contributed by atoms with Crippen molar-refractivity contribution in [3.05, 3.63) is 65.7 Å². The molecule has 7 nitrogen and oxygen atoms in total. The Balaban J connectivity index is 1.26. The maximum atomic E-state index is 13.7. The van der Waals surface area contributed by atoms with Gasteiger partial charge >= 0.3 is 5.97 Å². The maximum Gasteiger partial charge on any atom is 0.308 e. The lowest BCUT2D eigenvalue weighted by molar-refractivity contribution is -0.142. The predicted molar refractivity (Wildman–Crippen MR) is 162 cm³/mol. The van der Waals surface area contributed by atoms with Crippen molar-refractivity contribution in [1.82, 2.24) is 9.80 Å². The van der Waals surface area contributed by atoms with Gasteiger partial charge in [-0.25, -0.2) is 0 Å². The number of phenolic OH excluding ortho intramolecular Hbond substituents is 1. The molecule has 4 aliphatic rings. The van der Waals surface area contributed by atoms with E-state index in [2.05, 4.69) is 47.6 Å². The summed E-state index contributed by atoms with van der Waals surface area (Å²) in [6.45, 7) is 9.78. The first-order valence-electron chi connectivity index (χ1n) is 15.8. The van der Waals surface area contributed by atoms with E-state index in [9.17, 15) is 14.7 Å². The van der Waals surface area contributed by atoms with E-state index in [1.807, 2.05) is 12.1 Å². The summed E-state index contributed by atoms with van der Waals surface area (Å²) >= 11 is 0. The molecule has 7 heteroatoms. The summed E-state index contributed by atoms with van der Waals surface area (Å²) in [7, 11) is 0. The lowest BCUT2D eigenvalue weighted by Crippen LogP contribution is -2.69. The maximum absolute atomic E-state index is 13.7. The van der Waals surface area contributed by atoms with Crippen LogP contribution in [0.25, 0.3) is 0 Å². The Morgan fingerprint density at radius 1 is 1.21 bits per heavy atom. The number of likely N-dealkylation sites (tertiary alicyclic amines) is 1. The molecule has 2 aliphatic carbocycles. The van der Waals surface area contributed by atoms with Crippen molar-refractivity contribution < 1.29 is 24.2 Å². The van der Waals surface area contributed by atoms with E-state index in [0.29, 0.717) is 30.4 Å². The summed E-state index contributed by atoms with van der Waals surface area (Å²) in [5.74, 6) is 1.14. The second kappa shape index (κ2) is 11.8. The average Bonchev–Trinajstić information content (AvgIpc) is 3.32. The molecular weight excluding hydrogens is 528 g/mol. The first kappa shape index (κ1) is 28.8. The number of carbonyl (C=O) groups is 2.